The fraction of sp³-hybridized carbons (Fsp3) is 0.375. The molecular formula is C32H38N2O3. The SMILES string of the molecule is COc1cc2c(cc1OC)C(C(C(=O)NCCC(c1ccccc1)c1ccccc1)C(C)(C)C)=NCC2. The van der Waals surface area contributed by atoms with Crippen LogP contribution >= 0.6 is 0 Å². The van der Waals surface area contributed by atoms with Crippen LogP contribution in [0, 0.1) is 11.3 Å². The Hall–Kier alpha value is -3.60. The Labute approximate surface area is 220 Å². The molecule has 0 saturated carbocycles. The van der Waals surface area contributed by atoms with Gasteiger partial charge < -0.3 is 14.8 Å². The van der Waals surface area contributed by atoms with Crippen LogP contribution in [-0.2, 0) is 11.2 Å². The third kappa shape index (κ3) is 6.04. The number of fused-ring (bicyclic) bond motifs is 1. The molecule has 5 nitrogen and oxygen atoms in total. The standard InChI is InChI=1S/C32H38N2O3/c1-32(2,3)29(30-26-21-28(37-5)27(36-4)20-24(26)16-18-33-30)31(35)34-19-17-25(22-12-8-6-9-13-22)23-14-10-7-11-15-23/h6-15,20-21,25,29H,16-19H2,1-5H3,(H,34,35). The fourth-order valence-electron chi connectivity index (χ4n) is 5.26. The van der Waals surface area contributed by atoms with Crippen molar-refractivity contribution >= 4 is 11.6 Å². The molecule has 0 spiro atoms. The molecule has 3 aromatic rings. The summed E-state index contributed by atoms with van der Waals surface area (Å²) < 4.78 is 11.1. The number of nitrogens with zero attached hydrogens (tertiary/aromatic N) is 1. The van der Waals surface area contributed by atoms with Gasteiger partial charge in [-0.3, -0.25) is 9.79 Å². The van der Waals surface area contributed by atoms with Gasteiger partial charge in [0.05, 0.1) is 25.8 Å². The first kappa shape index (κ1) is 26.5. The van der Waals surface area contributed by atoms with E-state index < -0.39 is 5.92 Å². The van der Waals surface area contributed by atoms with Crippen LogP contribution in [0.15, 0.2) is 77.8 Å². The average molecular weight is 499 g/mol. The molecule has 194 valence electrons. The number of amides is 1. The summed E-state index contributed by atoms with van der Waals surface area (Å²) in [7, 11) is 3.28. The molecule has 1 atom stereocenters. The molecule has 0 aromatic heterocycles. The summed E-state index contributed by atoms with van der Waals surface area (Å²) in [6, 6.07) is 25.0. The van der Waals surface area contributed by atoms with Crippen LogP contribution < -0.4 is 14.8 Å². The van der Waals surface area contributed by atoms with Crippen LogP contribution in [0.25, 0.3) is 0 Å². The molecule has 5 heteroatoms. The highest BCUT2D eigenvalue weighted by Crippen LogP contribution is 2.37. The van der Waals surface area contributed by atoms with Gasteiger partial charge in [0.2, 0.25) is 5.91 Å². The Morgan fingerprint density at radius 3 is 2.03 bits per heavy atom. The lowest BCUT2D eigenvalue weighted by atomic mass is 9.73. The van der Waals surface area contributed by atoms with Crippen molar-refractivity contribution in [2.75, 3.05) is 27.3 Å². The Bertz CT molecular complexity index is 1190. The minimum absolute atomic E-state index is 0.00811. The van der Waals surface area contributed by atoms with E-state index in [-0.39, 0.29) is 17.2 Å². The topological polar surface area (TPSA) is 59.9 Å². The molecule has 1 heterocycles. The van der Waals surface area contributed by atoms with Gasteiger partial charge in [-0.2, -0.15) is 0 Å². The second-order valence-corrected chi connectivity index (χ2v) is 10.6. The molecule has 0 radical (unpaired) electrons. The van der Waals surface area contributed by atoms with Crippen molar-refractivity contribution < 1.29 is 14.3 Å². The van der Waals surface area contributed by atoms with E-state index in [0.29, 0.717) is 24.6 Å². The Morgan fingerprint density at radius 1 is 0.919 bits per heavy atom. The molecule has 1 unspecified atom stereocenters. The highest BCUT2D eigenvalue weighted by atomic mass is 16.5. The quantitative estimate of drug-likeness (QED) is 0.391. The monoisotopic (exact) mass is 498 g/mol. The van der Waals surface area contributed by atoms with Crippen molar-refractivity contribution in [2.24, 2.45) is 16.3 Å². The van der Waals surface area contributed by atoms with Gasteiger partial charge in [-0.25, -0.2) is 0 Å². The number of benzene rings is 3. The smallest absolute Gasteiger partial charge is 0.229 e. The lowest BCUT2D eigenvalue weighted by Gasteiger charge is -2.33. The largest absolute Gasteiger partial charge is 0.493 e. The number of hydrogen-bond donors (Lipinski definition) is 1. The van der Waals surface area contributed by atoms with Gasteiger partial charge in [-0.05, 0) is 47.1 Å². The Morgan fingerprint density at radius 2 is 1.49 bits per heavy atom. The number of carbonyl (C=O) groups is 1. The molecular weight excluding hydrogens is 460 g/mol. The van der Waals surface area contributed by atoms with Crippen molar-refractivity contribution in [2.45, 2.75) is 39.5 Å². The lowest BCUT2D eigenvalue weighted by Crippen LogP contribution is -2.44. The van der Waals surface area contributed by atoms with E-state index in [2.05, 4.69) is 74.6 Å². The van der Waals surface area contributed by atoms with Gasteiger partial charge in [0.15, 0.2) is 11.5 Å². The van der Waals surface area contributed by atoms with E-state index in [0.717, 1.165) is 29.7 Å². The number of methoxy groups -OCH3 is 2. The maximum atomic E-state index is 13.8. The van der Waals surface area contributed by atoms with Crippen LogP contribution in [0.4, 0.5) is 0 Å². The van der Waals surface area contributed by atoms with Gasteiger partial charge in [0, 0.05) is 24.6 Å². The fourth-order valence-corrected chi connectivity index (χ4v) is 5.26. The van der Waals surface area contributed by atoms with Gasteiger partial charge in [-0.15, -0.1) is 0 Å². The van der Waals surface area contributed by atoms with Crippen molar-refractivity contribution in [3.63, 3.8) is 0 Å². The number of aliphatic imine (C=N–C) groups is 1. The van der Waals surface area contributed by atoms with Gasteiger partial charge in [0.25, 0.3) is 0 Å². The summed E-state index contributed by atoms with van der Waals surface area (Å²) in [4.78, 5) is 18.7. The third-order valence-corrected chi connectivity index (χ3v) is 7.09. The first-order valence-electron chi connectivity index (χ1n) is 13.0. The van der Waals surface area contributed by atoms with Gasteiger partial charge in [-0.1, -0.05) is 81.4 Å². The second kappa shape index (κ2) is 11.6. The average Bonchev–Trinajstić information content (AvgIpc) is 2.90. The number of nitrogens with one attached hydrogen (secondary N) is 1. The molecule has 0 bridgehead atoms. The van der Waals surface area contributed by atoms with Crippen LogP contribution in [0.2, 0.25) is 0 Å². The summed E-state index contributed by atoms with van der Waals surface area (Å²) in [5.74, 6) is 1.18. The lowest BCUT2D eigenvalue weighted by molar-refractivity contribution is -0.125. The predicted octanol–water partition coefficient (Wildman–Crippen LogP) is 6.05. The number of ether oxygens (including phenoxy) is 2. The molecule has 0 aliphatic carbocycles. The first-order valence-corrected chi connectivity index (χ1v) is 13.0. The van der Waals surface area contributed by atoms with E-state index in [1.54, 1.807) is 14.2 Å². The number of rotatable bonds is 9. The van der Waals surface area contributed by atoms with Crippen LogP contribution in [0.1, 0.15) is 55.4 Å². The van der Waals surface area contributed by atoms with Crippen LogP contribution in [-0.4, -0.2) is 38.9 Å². The zero-order chi connectivity index (χ0) is 26.4. The highest BCUT2D eigenvalue weighted by molar-refractivity contribution is 6.15. The molecule has 1 N–H and O–H groups in total. The Balaban J connectivity index is 1.56. The zero-order valence-corrected chi connectivity index (χ0v) is 22.6. The Kier molecular flexibility index (Phi) is 8.32. The number of carbonyl (C=O) groups excluding carboxylic acids is 1. The molecule has 0 fully saturated rings. The van der Waals surface area contributed by atoms with E-state index in [1.807, 2.05) is 24.3 Å². The van der Waals surface area contributed by atoms with E-state index in [1.165, 1.54) is 11.1 Å². The molecule has 1 aliphatic heterocycles. The minimum Gasteiger partial charge on any atom is -0.493 e. The van der Waals surface area contributed by atoms with E-state index in [9.17, 15) is 4.79 Å². The third-order valence-electron chi connectivity index (χ3n) is 7.09. The van der Waals surface area contributed by atoms with Crippen molar-refractivity contribution in [3.8, 4) is 11.5 Å². The van der Waals surface area contributed by atoms with Crippen molar-refractivity contribution in [1.29, 1.82) is 0 Å². The van der Waals surface area contributed by atoms with Crippen molar-refractivity contribution in [3.05, 3.63) is 95.1 Å². The summed E-state index contributed by atoms with van der Waals surface area (Å²) >= 11 is 0. The van der Waals surface area contributed by atoms with Gasteiger partial charge >= 0.3 is 0 Å². The maximum absolute atomic E-state index is 13.8. The van der Waals surface area contributed by atoms with E-state index in [4.69, 9.17) is 14.5 Å². The zero-order valence-electron chi connectivity index (χ0n) is 22.6. The summed E-state index contributed by atoms with van der Waals surface area (Å²) in [6.45, 7) is 7.54. The van der Waals surface area contributed by atoms with Crippen molar-refractivity contribution in [1.82, 2.24) is 5.32 Å². The molecule has 3 aromatic carbocycles. The van der Waals surface area contributed by atoms with E-state index >= 15 is 0 Å². The van der Waals surface area contributed by atoms with Crippen LogP contribution in [0.3, 0.4) is 0 Å². The minimum atomic E-state index is -0.392. The molecule has 1 amide bonds. The number of hydrogen-bond acceptors (Lipinski definition) is 4. The molecule has 1 aliphatic rings. The van der Waals surface area contributed by atoms with Gasteiger partial charge in [0.1, 0.15) is 0 Å². The second-order valence-electron chi connectivity index (χ2n) is 10.6. The normalized spacial score (nSPS) is 13.9. The predicted molar refractivity (Wildman–Crippen MR) is 150 cm³/mol. The summed E-state index contributed by atoms with van der Waals surface area (Å²) in [6.07, 6.45) is 1.62. The maximum Gasteiger partial charge on any atom is 0.229 e. The summed E-state index contributed by atoms with van der Waals surface area (Å²) in [5.41, 5.74) is 5.13. The molecule has 4 rings (SSSR count). The highest BCUT2D eigenvalue weighted by Gasteiger charge is 2.38. The summed E-state index contributed by atoms with van der Waals surface area (Å²) in [5, 5.41) is 3.26. The molecule has 37 heavy (non-hydrogen) atoms. The molecule has 0 saturated heterocycles. The first-order chi connectivity index (χ1) is 17.8. The van der Waals surface area contributed by atoms with Crippen LogP contribution in [0.5, 0.6) is 11.5 Å².